The zero-order valence-electron chi connectivity index (χ0n) is 18.3. The van der Waals surface area contributed by atoms with Crippen molar-refractivity contribution >= 4 is 33.4 Å². The second-order valence-electron chi connectivity index (χ2n) is 7.98. The van der Waals surface area contributed by atoms with E-state index in [-0.39, 0.29) is 17.6 Å². The zero-order chi connectivity index (χ0) is 22.7. The van der Waals surface area contributed by atoms with Crippen LogP contribution in [0.4, 0.5) is 5.69 Å². The topological polar surface area (TPSA) is 57.0 Å². The molecule has 0 spiro atoms. The first-order valence-electron chi connectivity index (χ1n) is 10.6. The maximum atomic E-state index is 13.3. The van der Waals surface area contributed by atoms with Crippen LogP contribution in [0.5, 0.6) is 0 Å². The Morgan fingerprint density at radius 3 is 2.34 bits per heavy atom. The number of hydrogen-bond acceptors (Lipinski definition) is 4. The van der Waals surface area contributed by atoms with E-state index in [4.69, 9.17) is 4.42 Å². The molecular formula is C25H26BrN3O3. The van der Waals surface area contributed by atoms with Crippen molar-refractivity contribution in [2.24, 2.45) is 0 Å². The van der Waals surface area contributed by atoms with Crippen LogP contribution in [-0.4, -0.2) is 54.8 Å². The van der Waals surface area contributed by atoms with Crippen molar-refractivity contribution in [2.75, 3.05) is 38.1 Å². The minimum absolute atomic E-state index is 0.0589. The molecule has 4 rings (SSSR count). The van der Waals surface area contributed by atoms with Crippen molar-refractivity contribution in [3.63, 3.8) is 0 Å². The predicted octanol–water partition coefficient (Wildman–Crippen LogP) is 4.59. The summed E-state index contributed by atoms with van der Waals surface area (Å²) in [6.45, 7) is 5.96. The van der Waals surface area contributed by atoms with Crippen LogP contribution in [0.15, 0.2) is 69.8 Å². The van der Waals surface area contributed by atoms with Gasteiger partial charge in [-0.05, 0) is 58.2 Å². The molecule has 0 atom stereocenters. The van der Waals surface area contributed by atoms with Gasteiger partial charge in [-0.15, -0.1) is 0 Å². The number of carbonyl (C=O) groups is 2. The molecule has 1 fully saturated rings. The monoisotopic (exact) mass is 495 g/mol. The normalized spacial score (nSPS) is 14.4. The van der Waals surface area contributed by atoms with Gasteiger partial charge in [-0.25, -0.2) is 0 Å². The van der Waals surface area contributed by atoms with Crippen LogP contribution in [0, 0.1) is 6.92 Å². The molecule has 32 heavy (non-hydrogen) atoms. The second-order valence-corrected chi connectivity index (χ2v) is 8.76. The molecule has 7 heteroatoms. The van der Waals surface area contributed by atoms with Gasteiger partial charge >= 0.3 is 0 Å². The van der Waals surface area contributed by atoms with E-state index in [1.807, 2.05) is 17.0 Å². The summed E-state index contributed by atoms with van der Waals surface area (Å²) in [4.78, 5) is 31.9. The van der Waals surface area contributed by atoms with Gasteiger partial charge < -0.3 is 14.2 Å². The second kappa shape index (κ2) is 9.71. The van der Waals surface area contributed by atoms with Crippen molar-refractivity contribution in [1.29, 1.82) is 0 Å². The van der Waals surface area contributed by atoms with Gasteiger partial charge in [0.15, 0.2) is 10.4 Å². The van der Waals surface area contributed by atoms with Crippen molar-refractivity contribution in [3.8, 4) is 0 Å². The number of nitrogens with zero attached hydrogens (tertiary/aromatic N) is 3. The number of halogens is 1. The molecule has 2 aromatic carbocycles. The van der Waals surface area contributed by atoms with E-state index >= 15 is 0 Å². The van der Waals surface area contributed by atoms with Crippen molar-refractivity contribution in [1.82, 2.24) is 9.80 Å². The summed E-state index contributed by atoms with van der Waals surface area (Å²) >= 11 is 3.22. The highest BCUT2D eigenvalue weighted by Gasteiger charge is 2.27. The number of furan rings is 1. The van der Waals surface area contributed by atoms with Gasteiger partial charge in [0, 0.05) is 39.8 Å². The molecule has 1 aliphatic heterocycles. The fourth-order valence-electron chi connectivity index (χ4n) is 3.96. The number of aryl methyl sites for hydroxylation is 1. The first-order valence-corrected chi connectivity index (χ1v) is 11.4. The molecule has 2 amide bonds. The number of para-hydroxylation sites is 1. The third-order valence-corrected chi connectivity index (χ3v) is 6.33. The van der Waals surface area contributed by atoms with Crippen LogP contribution >= 0.6 is 15.9 Å². The lowest BCUT2D eigenvalue weighted by atomic mass is 10.1. The van der Waals surface area contributed by atoms with Gasteiger partial charge in [-0.1, -0.05) is 36.4 Å². The Hall–Kier alpha value is -2.90. The average molecular weight is 496 g/mol. The molecule has 0 bridgehead atoms. The largest absolute Gasteiger partial charge is 0.444 e. The number of rotatable bonds is 5. The molecule has 0 N–H and O–H groups in total. The number of piperazine rings is 1. The van der Waals surface area contributed by atoms with E-state index in [2.05, 4.69) is 52.0 Å². The molecule has 3 aromatic rings. The van der Waals surface area contributed by atoms with Crippen LogP contribution in [0.25, 0.3) is 0 Å². The minimum Gasteiger partial charge on any atom is -0.444 e. The lowest BCUT2D eigenvalue weighted by Crippen LogP contribution is -2.48. The number of hydrogen-bond donors (Lipinski definition) is 0. The Morgan fingerprint density at radius 1 is 0.969 bits per heavy atom. The summed E-state index contributed by atoms with van der Waals surface area (Å²) in [5.41, 5.74) is 3.69. The maximum absolute atomic E-state index is 13.3. The average Bonchev–Trinajstić information content (AvgIpc) is 3.26. The lowest BCUT2D eigenvalue weighted by molar-refractivity contribution is 0.0629. The summed E-state index contributed by atoms with van der Waals surface area (Å²) in [6, 6.07) is 18.9. The molecule has 166 valence electrons. The number of amides is 2. The first kappa shape index (κ1) is 22.3. The highest BCUT2D eigenvalue weighted by Crippen LogP contribution is 2.25. The first-order chi connectivity index (χ1) is 15.4. The van der Waals surface area contributed by atoms with Gasteiger partial charge in [-0.2, -0.15) is 0 Å². The van der Waals surface area contributed by atoms with E-state index in [1.165, 1.54) is 16.0 Å². The summed E-state index contributed by atoms with van der Waals surface area (Å²) in [6.07, 6.45) is 0. The van der Waals surface area contributed by atoms with Gasteiger partial charge in [0.2, 0.25) is 0 Å². The quantitative estimate of drug-likeness (QED) is 0.519. The van der Waals surface area contributed by atoms with E-state index < -0.39 is 0 Å². The molecule has 1 saturated heterocycles. The van der Waals surface area contributed by atoms with Crippen molar-refractivity contribution < 1.29 is 14.0 Å². The van der Waals surface area contributed by atoms with Gasteiger partial charge in [0.1, 0.15) is 0 Å². The fraction of sp³-hybridized carbons (Fsp3) is 0.280. The third-order valence-electron chi connectivity index (χ3n) is 5.90. The third kappa shape index (κ3) is 4.79. The van der Waals surface area contributed by atoms with Crippen LogP contribution in [0.2, 0.25) is 0 Å². The molecule has 1 aliphatic rings. The molecular weight excluding hydrogens is 470 g/mol. The van der Waals surface area contributed by atoms with Gasteiger partial charge in [0.05, 0.1) is 11.3 Å². The number of anilines is 1. The molecule has 2 heterocycles. The molecule has 0 aliphatic carbocycles. The standard InChI is InChI=1S/C25H26BrN3O3/c1-18-7-3-4-8-19(18)17-28-13-15-29(16-14-28)24(30)20-9-5-6-10-21(20)27(2)25(31)22-11-12-23(26)32-22/h3-12H,13-17H2,1-2H3. The Balaban J connectivity index is 1.44. The summed E-state index contributed by atoms with van der Waals surface area (Å²) in [7, 11) is 1.66. The highest BCUT2D eigenvalue weighted by atomic mass is 79.9. The minimum atomic E-state index is -0.306. The SMILES string of the molecule is Cc1ccccc1CN1CCN(C(=O)c2ccccc2N(C)C(=O)c2ccc(Br)o2)CC1. The number of benzene rings is 2. The Labute approximate surface area is 196 Å². The smallest absolute Gasteiger partial charge is 0.293 e. The number of carbonyl (C=O) groups excluding carboxylic acids is 2. The molecule has 0 radical (unpaired) electrons. The van der Waals surface area contributed by atoms with E-state index in [9.17, 15) is 9.59 Å². The van der Waals surface area contributed by atoms with Crippen molar-refractivity contribution in [3.05, 3.63) is 87.8 Å². The zero-order valence-corrected chi connectivity index (χ0v) is 19.8. The summed E-state index contributed by atoms with van der Waals surface area (Å²) in [5.74, 6) is -0.151. The fourth-order valence-corrected chi connectivity index (χ4v) is 4.27. The van der Waals surface area contributed by atoms with Crippen LogP contribution in [-0.2, 0) is 6.54 Å². The summed E-state index contributed by atoms with van der Waals surface area (Å²) in [5, 5.41) is 0. The predicted molar refractivity (Wildman–Crippen MR) is 128 cm³/mol. The maximum Gasteiger partial charge on any atom is 0.293 e. The molecule has 1 aromatic heterocycles. The summed E-state index contributed by atoms with van der Waals surface area (Å²) < 4.78 is 5.89. The highest BCUT2D eigenvalue weighted by molar-refractivity contribution is 9.10. The van der Waals surface area contributed by atoms with Crippen molar-refractivity contribution in [2.45, 2.75) is 13.5 Å². The van der Waals surface area contributed by atoms with Gasteiger partial charge in [-0.3, -0.25) is 14.5 Å². The Morgan fingerprint density at radius 2 is 1.66 bits per heavy atom. The van der Waals surface area contributed by atoms with Gasteiger partial charge in [0.25, 0.3) is 11.8 Å². The van der Waals surface area contributed by atoms with E-state index in [0.29, 0.717) is 29.0 Å². The Bertz CT molecular complexity index is 1120. The molecule has 6 nitrogen and oxygen atoms in total. The lowest BCUT2D eigenvalue weighted by Gasteiger charge is -2.35. The van der Waals surface area contributed by atoms with E-state index in [0.717, 1.165) is 19.6 Å². The molecule has 0 saturated carbocycles. The van der Waals surface area contributed by atoms with Crippen LogP contribution in [0.1, 0.15) is 32.0 Å². The Kier molecular flexibility index (Phi) is 6.77. The van der Waals surface area contributed by atoms with Crippen LogP contribution < -0.4 is 4.90 Å². The molecule has 0 unspecified atom stereocenters. The van der Waals surface area contributed by atoms with E-state index in [1.54, 1.807) is 31.3 Å². The van der Waals surface area contributed by atoms with Crippen LogP contribution in [0.3, 0.4) is 0 Å².